The van der Waals surface area contributed by atoms with E-state index < -0.39 is 11.3 Å². The third-order valence-corrected chi connectivity index (χ3v) is 5.10. The Labute approximate surface area is 144 Å². The van der Waals surface area contributed by atoms with Gasteiger partial charge in [0.1, 0.15) is 23.7 Å². The topological polar surface area (TPSA) is 71.7 Å². The average molecular weight is 344 g/mol. The van der Waals surface area contributed by atoms with Crippen molar-refractivity contribution in [3.63, 3.8) is 0 Å². The molecule has 7 heteroatoms. The van der Waals surface area contributed by atoms with Crippen LogP contribution in [0.25, 0.3) is 0 Å². The van der Waals surface area contributed by atoms with Crippen molar-refractivity contribution in [2.75, 3.05) is 13.7 Å². The molecule has 0 amide bonds. The predicted molar refractivity (Wildman–Crippen MR) is 90.9 cm³/mol. The van der Waals surface area contributed by atoms with Crippen LogP contribution >= 0.6 is 0 Å². The molecular weight excluding hydrogens is 324 g/mol. The first-order chi connectivity index (χ1) is 11.8. The van der Waals surface area contributed by atoms with Crippen molar-refractivity contribution in [3.8, 4) is 17.4 Å². The van der Waals surface area contributed by atoms with Gasteiger partial charge in [0.2, 0.25) is 5.88 Å². The Bertz CT molecular complexity index is 990. The second kappa shape index (κ2) is 5.15. The van der Waals surface area contributed by atoms with Gasteiger partial charge in [0.25, 0.3) is 5.56 Å². The quantitative estimate of drug-likeness (QED) is 0.776. The molecule has 2 atom stereocenters. The summed E-state index contributed by atoms with van der Waals surface area (Å²) in [6, 6.07) is 5.58. The molecule has 4 rings (SSSR count). The van der Waals surface area contributed by atoms with Crippen LogP contribution in [0.15, 0.2) is 27.8 Å². The molecule has 2 aliphatic heterocycles. The van der Waals surface area contributed by atoms with E-state index in [2.05, 4.69) is 0 Å². The number of methoxy groups -OCH3 is 1. The number of hydrogen-bond acceptors (Lipinski definition) is 5. The van der Waals surface area contributed by atoms with Gasteiger partial charge in [0, 0.05) is 32.0 Å². The summed E-state index contributed by atoms with van der Waals surface area (Å²) in [7, 11) is 4.71. The number of nitrogens with zero attached hydrogens (tertiary/aromatic N) is 2. The minimum absolute atomic E-state index is 0.230. The molecule has 2 aliphatic rings. The van der Waals surface area contributed by atoms with Crippen molar-refractivity contribution < 1.29 is 14.2 Å². The van der Waals surface area contributed by atoms with Crippen LogP contribution in [0, 0.1) is 0 Å². The van der Waals surface area contributed by atoms with Crippen molar-refractivity contribution in [1.29, 1.82) is 0 Å². The van der Waals surface area contributed by atoms with E-state index >= 15 is 0 Å². The highest BCUT2D eigenvalue weighted by atomic mass is 16.6. The van der Waals surface area contributed by atoms with Crippen LogP contribution in [-0.4, -0.2) is 28.5 Å². The molecule has 2 aromatic rings. The van der Waals surface area contributed by atoms with E-state index in [1.54, 1.807) is 14.2 Å². The molecule has 0 spiro atoms. The summed E-state index contributed by atoms with van der Waals surface area (Å²) in [5.41, 5.74) is 0.00424. The summed E-state index contributed by atoms with van der Waals surface area (Å²) in [5.74, 6) is 1.50. The molecule has 25 heavy (non-hydrogen) atoms. The van der Waals surface area contributed by atoms with Gasteiger partial charge in [-0.1, -0.05) is 0 Å². The average Bonchev–Trinajstić information content (AvgIpc) is 2.72. The van der Waals surface area contributed by atoms with E-state index in [1.165, 1.54) is 11.6 Å². The van der Waals surface area contributed by atoms with Gasteiger partial charge < -0.3 is 14.2 Å². The Morgan fingerprint density at radius 2 is 2.00 bits per heavy atom. The number of hydrogen-bond donors (Lipinski definition) is 0. The lowest BCUT2D eigenvalue weighted by atomic mass is 9.81. The Balaban J connectivity index is 2.06. The molecule has 1 aromatic heterocycles. The maximum atomic E-state index is 12.9. The van der Waals surface area contributed by atoms with E-state index in [0.29, 0.717) is 36.0 Å². The number of benzene rings is 1. The third-order valence-electron chi connectivity index (χ3n) is 5.10. The van der Waals surface area contributed by atoms with Crippen molar-refractivity contribution in [2.24, 2.45) is 14.1 Å². The fourth-order valence-electron chi connectivity index (χ4n) is 3.72. The molecule has 0 radical (unpaired) electrons. The van der Waals surface area contributed by atoms with E-state index in [9.17, 15) is 9.59 Å². The van der Waals surface area contributed by atoms with E-state index in [1.807, 2.05) is 25.1 Å². The molecule has 0 N–H and O–H groups in total. The Morgan fingerprint density at radius 3 is 2.72 bits per heavy atom. The number of fused-ring (bicyclic) bond motifs is 6. The molecule has 2 unspecified atom stereocenters. The number of ether oxygens (including phenoxy) is 3. The highest BCUT2D eigenvalue weighted by Crippen LogP contribution is 2.47. The van der Waals surface area contributed by atoms with Crippen molar-refractivity contribution >= 4 is 0 Å². The molecule has 2 bridgehead atoms. The van der Waals surface area contributed by atoms with Gasteiger partial charge in [0.15, 0.2) is 0 Å². The van der Waals surface area contributed by atoms with Crippen LogP contribution in [0.3, 0.4) is 0 Å². The van der Waals surface area contributed by atoms with Crippen LogP contribution < -0.4 is 25.5 Å². The fraction of sp³-hybridized carbons (Fsp3) is 0.444. The molecule has 132 valence electrons. The van der Waals surface area contributed by atoms with Gasteiger partial charge in [-0.3, -0.25) is 13.9 Å². The lowest BCUT2D eigenvalue weighted by molar-refractivity contribution is 0.0111. The van der Waals surface area contributed by atoms with Crippen molar-refractivity contribution in [3.05, 3.63) is 50.2 Å². The molecule has 1 aromatic carbocycles. The number of aromatic nitrogens is 2. The molecule has 0 fully saturated rings. The van der Waals surface area contributed by atoms with Crippen LogP contribution in [0.1, 0.15) is 30.4 Å². The van der Waals surface area contributed by atoms with Crippen LogP contribution in [0.2, 0.25) is 0 Å². The zero-order valence-electron chi connectivity index (χ0n) is 14.7. The first-order valence-electron chi connectivity index (χ1n) is 8.14. The van der Waals surface area contributed by atoms with Gasteiger partial charge in [-0.05, 0) is 25.1 Å². The minimum atomic E-state index is -0.625. The van der Waals surface area contributed by atoms with Crippen LogP contribution in [0.5, 0.6) is 17.4 Å². The molecule has 3 heterocycles. The summed E-state index contributed by atoms with van der Waals surface area (Å²) >= 11 is 0. The van der Waals surface area contributed by atoms with E-state index in [-0.39, 0.29) is 11.5 Å². The smallest absolute Gasteiger partial charge is 0.333 e. The molecular formula is C18H20N2O5. The maximum absolute atomic E-state index is 12.9. The van der Waals surface area contributed by atoms with E-state index in [0.717, 1.165) is 10.1 Å². The highest BCUT2D eigenvalue weighted by Gasteiger charge is 2.45. The standard InChI is InChI=1S/C18H20N2O5/c1-18-8-12(11-7-10(23-4)5-6-13(11)24-9-18)14-15(21)19(2)17(22)20(3)16(14)25-18/h5-7,12H,8-9H2,1-4H3. The van der Waals surface area contributed by atoms with Gasteiger partial charge in [-0.15, -0.1) is 0 Å². The molecule has 0 saturated heterocycles. The van der Waals surface area contributed by atoms with Gasteiger partial charge >= 0.3 is 5.69 Å². The highest BCUT2D eigenvalue weighted by molar-refractivity contribution is 5.50. The summed E-state index contributed by atoms with van der Waals surface area (Å²) in [4.78, 5) is 25.2. The SMILES string of the molecule is COc1ccc2c(c1)C1CC(C)(CO2)Oc2c1c(=O)n(C)c(=O)n2C. The Kier molecular flexibility index (Phi) is 3.25. The maximum Gasteiger partial charge on any atom is 0.333 e. The van der Waals surface area contributed by atoms with Crippen LogP contribution in [0.4, 0.5) is 0 Å². The van der Waals surface area contributed by atoms with Crippen molar-refractivity contribution in [1.82, 2.24) is 9.13 Å². The van der Waals surface area contributed by atoms with Gasteiger partial charge in [-0.25, -0.2) is 4.79 Å². The molecule has 7 nitrogen and oxygen atoms in total. The summed E-state index contributed by atoms with van der Waals surface area (Å²) in [6.45, 7) is 2.28. The largest absolute Gasteiger partial charge is 0.497 e. The van der Waals surface area contributed by atoms with Gasteiger partial charge in [-0.2, -0.15) is 0 Å². The monoisotopic (exact) mass is 344 g/mol. The lowest BCUT2D eigenvalue weighted by Crippen LogP contribution is -2.49. The Hall–Kier alpha value is -2.70. The van der Waals surface area contributed by atoms with Gasteiger partial charge in [0.05, 0.1) is 12.7 Å². The fourth-order valence-corrected chi connectivity index (χ4v) is 3.72. The normalized spacial score (nSPS) is 23.6. The zero-order valence-corrected chi connectivity index (χ0v) is 14.7. The summed E-state index contributed by atoms with van der Waals surface area (Å²) in [5, 5.41) is 0. The first kappa shape index (κ1) is 15.8. The minimum Gasteiger partial charge on any atom is -0.497 e. The molecule has 0 aliphatic carbocycles. The summed E-state index contributed by atoms with van der Waals surface area (Å²) < 4.78 is 19.9. The first-order valence-corrected chi connectivity index (χ1v) is 8.14. The lowest BCUT2D eigenvalue weighted by Gasteiger charge is -2.37. The van der Waals surface area contributed by atoms with Crippen LogP contribution in [-0.2, 0) is 14.1 Å². The third kappa shape index (κ3) is 2.18. The number of rotatable bonds is 1. The summed E-state index contributed by atoms with van der Waals surface area (Å²) in [6.07, 6.45) is 0.591. The molecule has 0 saturated carbocycles. The predicted octanol–water partition coefficient (Wildman–Crippen LogP) is 1.16. The Morgan fingerprint density at radius 1 is 1.24 bits per heavy atom. The second-order valence-electron chi connectivity index (χ2n) is 6.93. The zero-order chi connectivity index (χ0) is 17.9. The van der Waals surface area contributed by atoms with Crippen molar-refractivity contribution in [2.45, 2.75) is 24.9 Å². The van der Waals surface area contributed by atoms with E-state index in [4.69, 9.17) is 14.2 Å². The second-order valence-corrected chi connectivity index (χ2v) is 6.93.